The van der Waals surface area contributed by atoms with Gasteiger partial charge in [0.25, 0.3) is 6.01 Å². The molecule has 0 radical (unpaired) electrons. The number of para-hydroxylation sites is 2. The summed E-state index contributed by atoms with van der Waals surface area (Å²) < 4.78 is 5.69. The van der Waals surface area contributed by atoms with Gasteiger partial charge in [-0.2, -0.15) is 4.98 Å². The first-order valence-electron chi connectivity index (χ1n) is 6.05. The molecule has 2 aromatic rings. The number of benzene rings is 1. The minimum atomic E-state index is -0.249. The molecule has 1 aromatic heterocycles. The van der Waals surface area contributed by atoms with Crippen LogP contribution in [0, 0.1) is 11.8 Å². The number of carbonyl (C=O) groups excluding carboxylic acids is 1. The Morgan fingerprint density at radius 3 is 2.89 bits per heavy atom. The fraction of sp³-hybridized carbons (Fsp3) is 0.385. The first-order chi connectivity index (χ1) is 8.65. The molecule has 2 heterocycles. The average Bonchev–Trinajstić information content (AvgIpc) is 2.91. The third-order valence-electron chi connectivity index (χ3n) is 3.53. The molecule has 1 aliphatic heterocycles. The highest BCUT2D eigenvalue weighted by molar-refractivity contribution is 5.79. The van der Waals surface area contributed by atoms with Gasteiger partial charge in [0.1, 0.15) is 5.52 Å². The Morgan fingerprint density at radius 2 is 2.22 bits per heavy atom. The minimum Gasteiger partial charge on any atom is -0.423 e. The number of nitrogens with zero attached hydrogens (tertiary/aromatic N) is 2. The summed E-state index contributed by atoms with van der Waals surface area (Å²) >= 11 is 0. The Bertz CT molecular complexity index is 560. The number of nitrogens with two attached hydrogens (primary N) is 1. The van der Waals surface area contributed by atoms with E-state index in [0.29, 0.717) is 12.6 Å². The molecule has 1 amide bonds. The van der Waals surface area contributed by atoms with Gasteiger partial charge in [-0.3, -0.25) is 4.79 Å². The molecule has 1 aromatic carbocycles. The lowest BCUT2D eigenvalue weighted by atomic mass is 9.98. The molecule has 2 N–H and O–H groups in total. The second-order valence-corrected chi connectivity index (χ2v) is 4.86. The molecule has 0 saturated carbocycles. The second kappa shape index (κ2) is 4.01. The van der Waals surface area contributed by atoms with Gasteiger partial charge in [-0.25, -0.2) is 0 Å². The first kappa shape index (κ1) is 11.1. The summed E-state index contributed by atoms with van der Waals surface area (Å²) in [5, 5.41) is 0. The van der Waals surface area contributed by atoms with Crippen molar-refractivity contribution in [1.82, 2.24) is 4.98 Å². The van der Waals surface area contributed by atoms with Crippen molar-refractivity contribution in [2.24, 2.45) is 17.6 Å². The molecule has 5 heteroatoms. The highest BCUT2D eigenvalue weighted by Crippen LogP contribution is 2.29. The van der Waals surface area contributed by atoms with Gasteiger partial charge in [-0.15, -0.1) is 0 Å². The van der Waals surface area contributed by atoms with Crippen LogP contribution >= 0.6 is 0 Å². The predicted octanol–water partition coefficient (Wildman–Crippen LogP) is 1.39. The lowest BCUT2D eigenvalue weighted by molar-refractivity contribution is -0.122. The highest BCUT2D eigenvalue weighted by atomic mass is 16.4. The van der Waals surface area contributed by atoms with E-state index in [0.717, 1.165) is 17.6 Å². The van der Waals surface area contributed by atoms with Crippen LogP contribution in [0.2, 0.25) is 0 Å². The number of carbonyl (C=O) groups is 1. The van der Waals surface area contributed by atoms with Gasteiger partial charge < -0.3 is 15.1 Å². The van der Waals surface area contributed by atoms with E-state index < -0.39 is 0 Å². The van der Waals surface area contributed by atoms with Crippen LogP contribution in [0.15, 0.2) is 28.7 Å². The van der Waals surface area contributed by atoms with Crippen LogP contribution in [0.5, 0.6) is 0 Å². The van der Waals surface area contributed by atoms with E-state index in [2.05, 4.69) is 4.98 Å². The molecule has 1 aliphatic rings. The zero-order valence-corrected chi connectivity index (χ0v) is 10.2. The first-order valence-corrected chi connectivity index (χ1v) is 6.05. The Morgan fingerprint density at radius 1 is 1.44 bits per heavy atom. The van der Waals surface area contributed by atoms with Crippen molar-refractivity contribution in [3.05, 3.63) is 24.3 Å². The highest BCUT2D eigenvalue weighted by Gasteiger charge is 2.35. The molecule has 18 heavy (non-hydrogen) atoms. The summed E-state index contributed by atoms with van der Waals surface area (Å²) in [4.78, 5) is 17.7. The normalized spacial score (nSPS) is 23.7. The summed E-state index contributed by atoms with van der Waals surface area (Å²) in [6.45, 7) is 3.36. The van der Waals surface area contributed by atoms with Crippen molar-refractivity contribution in [2.45, 2.75) is 6.92 Å². The Balaban J connectivity index is 1.90. The predicted molar refractivity (Wildman–Crippen MR) is 68.1 cm³/mol. The van der Waals surface area contributed by atoms with E-state index >= 15 is 0 Å². The standard InChI is InChI=1S/C13H15N3O2/c1-8-6-16(7-9(8)12(14)17)13-15-10-4-2-3-5-11(10)18-13/h2-5,8-9H,6-7H2,1H3,(H2,14,17)/t8-,9-/m1/s1. The molecule has 5 nitrogen and oxygen atoms in total. The molecular formula is C13H15N3O2. The fourth-order valence-electron chi connectivity index (χ4n) is 2.49. The van der Waals surface area contributed by atoms with Gasteiger partial charge in [-0.05, 0) is 18.1 Å². The smallest absolute Gasteiger partial charge is 0.298 e. The Hall–Kier alpha value is -2.04. The fourth-order valence-corrected chi connectivity index (χ4v) is 2.49. The summed E-state index contributed by atoms with van der Waals surface area (Å²) in [6.07, 6.45) is 0. The summed E-state index contributed by atoms with van der Waals surface area (Å²) in [6, 6.07) is 8.21. The number of hydrogen-bond acceptors (Lipinski definition) is 4. The monoisotopic (exact) mass is 245 g/mol. The lowest BCUT2D eigenvalue weighted by Gasteiger charge is -2.11. The maximum absolute atomic E-state index is 11.3. The number of anilines is 1. The molecule has 0 unspecified atom stereocenters. The van der Waals surface area contributed by atoms with Crippen molar-refractivity contribution in [3.8, 4) is 0 Å². The molecule has 3 rings (SSSR count). The number of amides is 1. The van der Waals surface area contributed by atoms with Gasteiger partial charge in [0, 0.05) is 13.1 Å². The van der Waals surface area contributed by atoms with Gasteiger partial charge in [0.15, 0.2) is 5.58 Å². The van der Waals surface area contributed by atoms with E-state index in [-0.39, 0.29) is 17.7 Å². The summed E-state index contributed by atoms with van der Waals surface area (Å²) in [5.41, 5.74) is 6.99. The molecule has 0 spiro atoms. The SMILES string of the molecule is C[C@@H]1CN(c2nc3ccccc3o2)C[C@H]1C(N)=O. The quantitative estimate of drug-likeness (QED) is 0.867. The number of rotatable bonds is 2. The largest absolute Gasteiger partial charge is 0.423 e. The van der Waals surface area contributed by atoms with Crippen molar-refractivity contribution in [3.63, 3.8) is 0 Å². The summed E-state index contributed by atoms with van der Waals surface area (Å²) in [5.74, 6) is -0.140. The second-order valence-electron chi connectivity index (χ2n) is 4.86. The molecule has 1 saturated heterocycles. The third kappa shape index (κ3) is 1.72. The number of oxazole rings is 1. The van der Waals surface area contributed by atoms with E-state index in [1.165, 1.54) is 0 Å². The van der Waals surface area contributed by atoms with Crippen LogP contribution in [-0.4, -0.2) is 24.0 Å². The van der Waals surface area contributed by atoms with Gasteiger partial charge in [0.05, 0.1) is 5.92 Å². The number of primary amides is 1. The van der Waals surface area contributed by atoms with Crippen LogP contribution in [0.1, 0.15) is 6.92 Å². The van der Waals surface area contributed by atoms with Gasteiger partial charge >= 0.3 is 0 Å². The van der Waals surface area contributed by atoms with Crippen LogP contribution in [0.3, 0.4) is 0 Å². The molecule has 2 atom stereocenters. The van der Waals surface area contributed by atoms with E-state index in [4.69, 9.17) is 10.2 Å². The maximum atomic E-state index is 11.3. The molecule has 1 fully saturated rings. The molecule has 94 valence electrons. The zero-order valence-electron chi connectivity index (χ0n) is 10.2. The van der Waals surface area contributed by atoms with Crippen LogP contribution in [0.25, 0.3) is 11.1 Å². The molecular weight excluding hydrogens is 230 g/mol. The van der Waals surface area contributed by atoms with Crippen molar-refractivity contribution in [1.29, 1.82) is 0 Å². The zero-order chi connectivity index (χ0) is 12.7. The number of hydrogen-bond donors (Lipinski definition) is 1. The number of aromatic nitrogens is 1. The van der Waals surface area contributed by atoms with E-state index in [9.17, 15) is 4.79 Å². The molecule has 0 aliphatic carbocycles. The topological polar surface area (TPSA) is 72.4 Å². The Labute approximate surface area is 105 Å². The van der Waals surface area contributed by atoms with Crippen LogP contribution < -0.4 is 10.6 Å². The minimum absolute atomic E-state index is 0.125. The van der Waals surface area contributed by atoms with E-state index in [1.807, 2.05) is 36.1 Å². The number of fused-ring (bicyclic) bond motifs is 1. The molecule has 0 bridgehead atoms. The van der Waals surface area contributed by atoms with Crippen molar-refractivity contribution >= 4 is 23.0 Å². The van der Waals surface area contributed by atoms with Crippen LogP contribution in [-0.2, 0) is 4.79 Å². The van der Waals surface area contributed by atoms with E-state index in [1.54, 1.807) is 0 Å². The van der Waals surface area contributed by atoms with Crippen molar-refractivity contribution < 1.29 is 9.21 Å². The third-order valence-corrected chi connectivity index (χ3v) is 3.53. The maximum Gasteiger partial charge on any atom is 0.298 e. The van der Waals surface area contributed by atoms with Crippen LogP contribution in [0.4, 0.5) is 6.01 Å². The lowest BCUT2D eigenvalue weighted by Crippen LogP contribution is -2.29. The van der Waals surface area contributed by atoms with Gasteiger partial charge in [0.2, 0.25) is 5.91 Å². The van der Waals surface area contributed by atoms with Gasteiger partial charge in [-0.1, -0.05) is 19.1 Å². The Kier molecular flexibility index (Phi) is 2.47. The average molecular weight is 245 g/mol. The van der Waals surface area contributed by atoms with Crippen molar-refractivity contribution in [2.75, 3.05) is 18.0 Å². The summed E-state index contributed by atoms with van der Waals surface area (Å²) in [7, 11) is 0.